The Labute approximate surface area is 94.3 Å². The lowest BCUT2D eigenvalue weighted by molar-refractivity contribution is 0.198. The minimum Gasteiger partial charge on any atom is -0.439 e. The second kappa shape index (κ2) is 4.77. The van der Waals surface area contributed by atoms with Crippen LogP contribution in [0.3, 0.4) is 0 Å². The van der Waals surface area contributed by atoms with E-state index in [0.717, 1.165) is 11.3 Å². The second-order valence-corrected chi connectivity index (χ2v) is 3.52. The lowest BCUT2D eigenvalue weighted by Gasteiger charge is -2.07. The summed E-state index contributed by atoms with van der Waals surface area (Å²) in [6, 6.07) is 12.9. The summed E-state index contributed by atoms with van der Waals surface area (Å²) in [6.45, 7) is 1.71. The van der Waals surface area contributed by atoms with Crippen molar-refractivity contribution < 1.29 is 9.84 Å². The Morgan fingerprint density at radius 2 is 1.94 bits per heavy atom. The summed E-state index contributed by atoms with van der Waals surface area (Å²) >= 11 is 0. The van der Waals surface area contributed by atoms with Crippen LogP contribution < -0.4 is 4.74 Å². The van der Waals surface area contributed by atoms with Gasteiger partial charge in [-0.25, -0.2) is 4.98 Å². The molecular formula is C13H13NO2. The summed E-state index contributed by atoms with van der Waals surface area (Å²) in [7, 11) is 0. The van der Waals surface area contributed by atoms with Crippen molar-refractivity contribution in [3.8, 4) is 11.6 Å². The molecule has 1 aromatic heterocycles. The molecule has 0 aliphatic carbocycles. The summed E-state index contributed by atoms with van der Waals surface area (Å²) in [5.41, 5.74) is 0.793. The molecule has 0 radical (unpaired) electrons. The SMILES string of the molecule is C[C@@H](O)c1ccnc(Oc2ccccc2)c1. The maximum absolute atomic E-state index is 9.43. The first-order valence-electron chi connectivity index (χ1n) is 5.12. The molecule has 1 N–H and O–H groups in total. The van der Waals surface area contributed by atoms with Gasteiger partial charge in [0, 0.05) is 12.3 Å². The van der Waals surface area contributed by atoms with Gasteiger partial charge in [-0.2, -0.15) is 0 Å². The summed E-state index contributed by atoms with van der Waals surface area (Å²) in [5.74, 6) is 1.22. The van der Waals surface area contributed by atoms with Crippen molar-refractivity contribution in [2.75, 3.05) is 0 Å². The highest BCUT2D eigenvalue weighted by atomic mass is 16.5. The zero-order valence-corrected chi connectivity index (χ0v) is 9.00. The number of aliphatic hydroxyl groups is 1. The molecule has 3 heteroatoms. The topological polar surface area (TPSA) is 42.4 Å². The molecule has 82 valence electrons. The van der Waals surface area contributed by atoms with Crippen molar-refractivity contribution in [1.29, 1.82) is 0 Å². The molecule has 0 unspecified atom stereocenters. The van der Waals surface area contributed by atoms with E-state index in [4.69, 9.17) is 4.74 Å². The molecular weight excluding hydrogens is 202 g/mol. The molecule has 1 atom stereocenters. The highest BCUT2D eigenvalue weighted by molar-refractivity contribution is 5.29. The summed E-state index contributed by atoms with van der Waals surface area (Å²) < 4.78 is 5.55. The largest absolute Gasteiger partial charge is 0.439 e. The zero-order chi connectivity index (χ0) is 11.4. The van der Waals surface area contributed by atoms with Gasteiger partial charge >= 0.3 is 0 Å². The highest BCUT2D eigenvalue weighted by Gasteiger charge is 2.03. The first-order valence-corrected chi connectivity index (χ1v) is 5.12. The molecule has 0 spiro atoms. The Balaban J connectivity index is 2.19. The fraction of sp³-hybridized carbons (Fsp3) is 0.154. The van der Waals surface area contributed by atoms with Gasteiger partial charge in [-0.1, -0.05) is 18.2 Å². The van der Waals surface area contributed by atoms with Crippen LogP contribution >= 0.6 is 0 Å². The number of nitrogens with zero attached hydrogens (tertiary/aromatic N) is 1. The first kappa shape index (κ1) is 10.6. The summed E-state index contributed by atoms with van der Waals surface area (Å²) in [4.78, 5) is 4.08. The molecule has 0 bridgehead atoms. The van der Waals surface area contributed by atoms with E-state index in [2.05, 4.69) is 4.98 Å². The van der Waals surface area contributed by atoms with Crippen molar-refractivity contribution in [2.45, 2.75) is 13.0 Å². The van der Waals surface area contributed by atoms with E-state index < -0.39 is 6.10 Å². The van der Waals surface area contributed by atoms with Crippen LogP contribution in [0.2, 0.25) is 0 Å². The van der Waals surface area contributed by atoms with Gasteiger partial charge in [-0.15, -0.1) is 0 Å². The average Bonchev–Trinajstić information content (AvgIpc) is 2.30. The minimum absolute atomic E-state index is 0.490. The van der Waals surface area contributed by atoms with E-state index in [1.165, 1.54) is 0 Å². The maximum Gasteiger partial charge on any atom is 0.219 e. The molecule has 0 aliphatic heterocycles. The number of hydrogen-bond acceptors (Lipinski definition) is 3. The van der Waals surface area contributed by atoms with Gasteiger partial charge in [-0.05, 0) is 30.7 Å². The zero-order valence-electron chi connectivity index (χ0n) is 9.00. The van der Waals surface area contributed by atoms with Crippen LogP contribution in [0.15, 0.2) is 48.7 Å². The summed E-state index contributed by atoms with van der Waals surface area (Å²) in [6.07, 6.45) is 1.11. The van der Waals surface area contributed by atoms with Crippen molar-refractivity contribution >= 4 is 0 Å². The first-order chi connectivity index (χ1) is 7.75. The molecule has 0 fully saturated rings. The van der Waals surface area contributed by atoms with Crippen LogP contribution in [0, 0.1) is 0 Å². The van der Waals surface area contributed by atoms with E-state index in [0.29, 0.717) is 5.88 Å². The van der Waals surface area contributed by atoms with Crippen LogP contribution in [0.5, 0.6) is 11.6 Å². The third-order valence-electron chi connectivity index (χ3n) is 2.21. The molecule has 1 aromatic carbocycles. The quantitative estimate of drug-likeness (QED) is 0.855. The van der Waals surface area contributed by atoms with E-state index in [-0.39, 0.29) is 0 Å². The van der Waals surface area contributed by atoms with Crippen LogP contribution in [-0.4, -0.2) is 10.1 Å². The van der Waals surface area contributed by atoms with Crippen molar-refractivity contribution in [2.24, 2.45) is 0 Å². The molecule has 2 aromatic rings. The Morgan fingerprint density at radius 1 is 1.19 bits per heavy atom. The Hall–Kier alpha value is -1.87. The lowest BCUT2D eigenvalue weighted by atomic mass is 10.2. The molecule has 0 aliphatic rings. The Kier molecular flexibility index (Phi) is 3.17. The van der Waals surface area contributed by atoms with E-state index in [9.17, 15) is 5.11 Å². The van der Waals surface area contributed by atoms with Gasteiger partial charge in [0.1, 0.15) is 5.75 Å². The third-order valence-corrected chi connectivity index (χ3v) is 2.21. The van der Waals surface area contributed by atoms with E-state index >= 15 is 0 Å². The standard InChI is InChI=1S/C13H13NO2/c1-10(15)11-7-8-14-13(9-11)16-12-5-3-2-4-6-12/h2-10,15H,1H3/t10-/m1/s1. The van der Waals surface area contributed by atoms with E-state index in [1.807, 2.05) is 30.3 Å². The lowest BCUT2D eigenvalue weighted by Crippen LogP contribution is -1.93. The number of pyridine rings is 1. The predicted molar refractivity (Wildman–Crippen MR) is 61.4 cm³/mol. The maximum atomic E-state index is 9.43. The number of rotatable bonds is 3. The molecule has 3 nitrogen and oxygen atoms in total. The Morgan fingerprint density at radius 3 is 2.62 bits per heavy atom. The summed E-state index contributed by atoms with van der Waals surface area (Å²) in [5, 5.41) is 9.43. The van der Waals surface area contributed by atoms with Gasteiger partial charge in [0.15, 0.2) is 0 Å². The van der Waals surface area contributed by atoms with Crippen LogP contribution in [0.1, 0.15) is 18.6 Å². The molecule has 2 rings (SSSR count). The van der Waals surface area contributed by atoms with E-state index in [1.54, 1.807) is 25.3 Å². The van der Waals surface area contributed by atoms with Gasteiger partial charge in [-0.3, -0.25) is 0 Å². The van der Waals surface area contributed by atoms with Gasteiger partial charge < -0.3 is 9.84 Å². The second-order valence-electron chi connectivity index (χ2n) is 3.52. The number of ether oxygens (including phenoxy) is 1. The van der Waals surface area contributed by atoms with Crippen molar-refractivity contribution in [3.63, 3.8) is 0 Å². The van der Waals surface area contributed by atoms with Crippen LogP contribution in [0.4, 0.5) is 0 Å². The average molecular weight is 215 g/mol. The minimum atomic E-state index is -0.513. The van der Waals surface area contributed by atoms with Crippen LogP contribution in [-0.2, 0) is 0 Å². The predicted octanol–water partition coefficient (Wildman–Crippen LogP) is 2.93. The highest BCUT2D eigenvalue weighted by Crippen LogP contribution is 2.21. The number of aliphatic hydroxyl groups excluding tert-OH is 1. The number of para-hydroxylation sites is 1. The normalized spacial score (nSPS) is 12.1. The smallest absolute Gasteiger partial charge is 0.219 e. The van der Waals surface area contributed by atoms with Crippen molar-refractivity contribution in [3.05, 3.63) is 54.2 Å². The monoisotopic (exact) mass is 215 g/mol. The van der Waals surface area contributed by atoms with Gasteiger partial charge in [0.25, 0.3) is 0 Å². The number of hydrogen-bond donors (Lipinski definition) is 1. The molecule has 0 amide bonds. The molecule has 1 heterocycles. The molecule has 0 saturated heterocycles. The third kappa shape index (κ3) is 2.58. The van der Waals surface area contributed by atoms with Gasteiger partial charge in [0.05, 0.1) is 6.10 Å². The van der Waals surface area contributed by atoms with Crippen molar-refractivity contribution in [1.82, 2.24) is 4.98 Å². The number of benzene rings is 1. The van der Waals surface area contributed by atoms with Gasteiger partial charge in [0.2, 0.25) is 5.88 Å². The number of aromatic nitrogens is 1. The fourth-order valence-corrected chi connectivity index (χ4v) is 1.35. The Bertz CT molecular complexity index is 454. The van der Waals surface area contributed by atoms with Crippen LogP contribution in [0.25, 0.3) is 0 Å². The molecule has 0 saturated carbocycles. The fourth-order valence-electron chi connectivity index (χ4n) is 1.35. The molecule has 16 heavy (non-hydrogen) atoms.